The number of hydrogen-bond donors (Lipinski definition) is 1. The first-order chi connectivity index (χ1) is 11.1. The molecule has 0 spiro atoms. The molecule has 0 fully saturated rings. The Morgan fingerprint density at radius 3 is 2.70 bits per heavy atom. The average molecular weight is 308 g/mol. The molecule has 1 N–H and O–H groups in total. The van der Waals surface area contributed by atoms with Crippen LogP contribution in [0.5, 0.6) is 0 Å². The van der Waals surface area contributed by atoms with Crippen LogP contribution in [-0.2, 0) is 6.42 Å². The molecular weight excluding hydrogens is 291 g/mol. The minimum absolute atomic E-state index is 0.155. The summed E-state index contributed by atoms with van der Waals surface area (Å²) < 4.78 is 13.2. The van der Waals surface area contributed by atoms with Crippen LogP contribution in [0.3, 0.4) is 0 Å². The maximum absolute atomic E-state index is 13.2. The molecule has 1 amide bonds. The number of aryl methyl sites for hydroxylation is 1. The fourth-order valence-corrected chi connectivity index (χ4v) is 2.53. The van der Waals surface area contributed by atoms with Crippen molar-refractivity contribution >= 4 is 16.8 Å². The molecule has 4 heteroatoms. The first-order valence-corrected chi connectivity index (χ1v) is 7.52. The topological polar surface area (TPSA) is 42.0 Å². The van der Waals surface area contributed by atoms with Gasteiger partial charge in [0.15, 0.2) is 0 Å². The van der Waals surface area contributed by atoms with Crippen LogP contribution in [-0.4, -0.2) is 17.4 Å². The van der Waals surface area contributed by atoms with Crippen LogP contribution in [0.1, 0.15) is 21.6 Å². The number of hydrogen-bond acceptors (Lipinski definition) is 2. The first-order valence-electron chi connectivity index (χ1n) is 7.52. The van der Waals surface area contributed by atoms with Crippen molar-refractivity contribution < 1.29 is 9.18 Å². The van der Waals surface area contributed by atoms with Gasteiger partial charge in [0.25, 0.3) is 5.91 Å². The van der Waals surface area contributed by atoms with Gasteiger partial charge in [0.2, 0.25) is 0 Å². The van der Waals surface area contributed by atoms with Crippen molar-refractivity contribution in [2.24, 2.45) is 0 Å². The molecule has 0 aliphatic heterocycles. The number of rotatable bonds is 4. The molecule has 0 saturated carbocycles. The Balaban J connectivity index is 1.73. The second-order valence-electron chi connectivity index (χ2n) is 5.45. The van der Waals surface area contributed by atoms with E-state index < -0.39 is 0 Å². The second kappa shape index (κ2) is 6.57. The van der Waals surface area contributed by atoms with Crippen molar-refractivity contribution in [2.75, 3.05) is 6.54 Å². The third-order valence-electron chi connectivity index (χ3n) is 3.76. The lowest BCUT2D eigenvalue weighted by Gasteiger charge is -2.09. The van der Waals surface area contributed by atoms with Crippen molar-refractivity contribution in [3.8, 4) is 0 Å². The van der Waals surface area contributed by atoms with Gasteiger partial charge >= 0.3 is 0 Å². The van der Waals surface area contributed by atoms with Crippen LogP contribution in [0.2, 0.25) is 0 Å². The third-order valence-corrected chi connectivity index (χ3v) is 3.76. The number of nitrogens with one attached hydrogen (secondary N) is 1. The van der Waals surface area contributed by atoms with Gasteiger partial charge in [0, 0.05) is 18.0 Å². The minimum Gasteiger partial charge on any atom is -0.352 e. The zero-order valence-electron chi connectivity index (χ0n) is 12.8. The summed E-state index contributed by atoms with van der Waals surface area (Å²) in [6, 6.07) is 16.1. The van der Waals surface area contributed by atoms with Crippen molar-refractivity contribution in [2.45, 2.75) is 13.3 Å². The van der Waals surface area contributed by atoms with Crippen LogP contribution < -0.4 is 5.32 Å². The number of nitrogens with zero attached hydrogens (tertiary/aromatic N) is 1. The molecule has 1 heterocycles. The van der Waals surface area contributed by atoms with Crippen molar-refractivity contribution in [3.63, 3.8) is 0 Å². The van der Waals surface area contributed by atoms with Crippen LogP contribution in [0.25, 0.3) is 10.9 Å². The van der Waals surface area contributed by atoms with E-state index in [-0.39, 0.29) is 11.7 Å². The van der Waals surface area contributed by atoms with Crippen LogP contribution in [0, 0.1) is 12.7 Å². The van der Waals surface area contributed by atoms with Gasteiger partial charge in [-0.25, -0.2) is 4.39 Å². The maximum Gasteiger partial charge on any atom is 0.253 e. The van der Waals surface area contributed by atoms with E-state index >= 15 is 0 Å². The summed E-state index contributed by atoms with van der Waals surface area (Å²) in [6.07, 6.45) is 0.776. The van der Waals surface area contributed by atoms with E-state index in [1.807, 2.05) is 30.3 Å². The van der Waals surface area contributed by atoms with Crippen molar-refractivity contribution in [3.05, 3.63) is 77.2 Å². The Bertz CT molecular complexity index is 847. The number of carbonyl (C=O) groups is 1. The van der Waals surface area contributed by atoms with Gasteiger partial charge in [-0.2, -0.15) is 0 Å². The molecule has 0 unspecified atom stereocenters. The number of pyridine rings is 1. The summed E-state index contributed by atoms with van der Waals surface area (Å²) in [5.41, 5.74) is 2.86. The Labute approximate surface area is 134 Å². The quantitative estimate of drug-likeness (QED) is 0.799. The molecule has 23 heavy (non-hydrogen) atoms. The Morgan fingerprint density at radius 1 is 1.13 bits per heavy atom. The third kappa shape index (κ3) is 3.54. The summed E-state index contributed by atoms with van der Waals surface area (Å²) in [6.45, 7) is 2.32. The zero-order valence-corrected chi connectivity index (χ0v) is 12.8. The number of carbonyl (C=O) groups excluding carboxylic acids is 1. The molecule has 0 atom stereocenters. The van der Waals surface area contributed by atoms with E-state index in [4.69, 9.17) is 0 Å². The molecule has 2 aromatic carbocycles. The van der Waals surface area contributed by atoms with Crippen LogP contribution >= 0.6 is 0 Å². The van der Waals surface area contributed by atoms with Gasteiger partial charge in [-0.3, -0.25) is 9.78 Å². The standard InChI is InChI=1S/C19H17FN2O/c1-13-17(11-15-7-8-16(20)12-18(15)22-13)19(23)21-10-9-14-5-3-2-4-6-14/h2-8,11-12H,9-10H2,1H3,(H,21,23). The zero-order chi connectivity index (χ0) is 16.2. The predicted octanol–water partition coefficient (Wildman–Crippen LogP) is 3.65. The molecule has 0 bridgehead atoms. The Kier molecular flexibility index (Phi) is 4.33. The molecule has 116 valence electrons. The molecule has 0 aliphatic carbocycles. The van der Waals surface area contributed by atoms with Gasteiger partial charge in [-0.1, -0.05) is 30.3 Å². The second-order valence-corrected chi connectivity index (χ2v) is 5.45. The predicted molar refractivity (Wildman–Crippen MR) is 88.9 cm³/mol. The smallest absolute Gasteiger partial charge is 0.253 e. The lowest BCUT2D eigenvalue weighted by molar-refractivity contribution is 0.0953. The summed E-state index contributed by atoms with van der Waals surface area (Å²) in [5, 5.41) is 3.67. The molecule has 3 nitrogen and oxygen atoms in total. The van der Waals surface area contributed by atoms with E-state index in [9.17, 15) is 9.18 Å². The average Bonchev–Trinajstić information content (AvgIpc) is 2.55. The normalized spacial score (nSPS) is 10.7. The number of amides is 1. The highest BCUT2D eigenvalue weighted by molar-refractivity contribution is 5.98. The number of halogens is 1. The number of fused-ring (bicyclic) bond motifs is 1. The largest absolute Gasteiger partial charge is 0.352 e. The highest BCUT2D eigenvalue weighted by Crippen LogP contribution is 2.17. The van der Waals surface area contributed by atoms with E-state index in [1.54, 1.807) is 19.1 Å². The number of aromatic nitrogens is 1. The summed E-state index contributed by atoms with van der Waals surface area (Å²) in [7, 11) is 0. The Hall–Kier alpha value is -2.75. The molecule has 1 aromatic heterocycles. The maximum atomic E-state index is 13.2. The van der Waals surface area contributed by atoms with Crippen LogP contribution in [0.15, 0.2) is 54.6 Å². The molecule has 0 saturated heterocycles. The van der Waals surface area contributed by atoms with Gasteiger partial charge in [-0.15, -0.1) is 0 Å². The number of benzene rings is 2. The van der Waals surface area contributed by atoms with E-state index in [0.29, 0.717) is 23.3 Å². The summed E-state index contributed by atoms with van der Waals surface area (Å²) in [5.74, 6) is -0.485. The molecule has 3 aromatic rings. The van der Waals surface area contributed by atoms with Gasteiger partial charge in [-0.05, 0) is 37.1 Å². The molecular formula is C19H17FN2O. The fourth-order valence-electron chi connectivity index (χ4n) is 2.53. The highest BCUT2D eigenvalue weighted by Gasteiger charge is 2.11. The van der Waals surface area contributed by atoms with Gasteiger partial charge in [0.05, 0.1) is 16.8 Å². The minimum atomic E-state index is -0.329. The monoisotopic (exact) mass is 308 g/mol. The van der Waals surface area contributed by atoms with Gasteiger partial charge < -0.3 is 5.32 Å². The first kappa shape index (κ1) is 15.2. The van der Waals surface area contributed by atoms with Crippen LogP contribution in [0.4, 0.5) is 4.39 Å². The van der Waals surface area contributed by atoms with Crippen molar-refractivity contribution in [1.82, 2.24) is 10.3 Å². The van der Waals surface area contributed by atoms with E-state index in [2.05, 4.69) is 10.3 Å². The summed E-state index contributed by atoms with van der Waals surface area (Å²) >= 11 is 0. The van der Waals surface area contributed by atoms with E-state index in [1.165, 1.54) is 17.7 Å². The Morgan fingerprint density at radius 2 is 1.91 bits per heavy atom. The van der Waals surface area contributed by atoms with Gasteiger partial charge in [0.1, 0.15) is 5.82 Å². The van der Waals surface area contributed by atoms with E-state index in [0.717, 1.165) is 11.8 Å². The molecule has 0 aliphatic rings. The molecule has 3 rings (SSSR count). The summed E-state index contributed by atoms with van der Waals surface area (Å²) in [4.78, 5) is 16.7. The highest BCUT2D eigenvalue weighted by atomic mass is 19.1. The lowest BCUT2D eigenvalue weighted by Crippen LogP contribution is -2.26. The SMILES string of the molecule is Cc1nc2cc(F)ccc2cc1C(=O)NCCc1ccccc1. The lowest BCUT2D eigenvalue weighted by atomic mass is 10.1. The fraction of sp³-hybridized carbons (Fsp3) is 0.158. The molecule has 0 radical (unpaired) electrons. The van der Waals surface area contributed by atoms with Crippen molar-refractivity contribution in [1.29, 1.82) is 0 Å².